The van der Waals surface area contributed by atoms with Gasteiger partial charge in [0, 0.05) is 18.4 Å². The number of amides is 1. The van der Waals surface area contributed by atoms with Crippen molar-refractivity contribution in [2.75, 3.05) is 6.54 Å². The van der Waals surface area contributed by atoms with E-state index in [4.69, 9.17) is 0 Å². The van der Waals surface area contributed by atoms with Crippen LogP contribution in [0.2, 0.25) is 0 Å². The minimum atomic E-state index is -0.498. The third-order valence-corrected chi connectivity index (χ3v) is 5.55. The van der Waals surface area contributed by atoms with E-state index in [-0.39, 0.29) is 22.5 Å². The van der Waals surface area contributed by atoms with Crippen molar-refractivity contribution >= 4 is 11.7 Å². The highest BCUT2D eigenvalue weighted by Crippen LogP contribution is 2.70. The first-order valence-electron chi connectivity index (χ1n) is 6.24. The van der Waals surface area contributed by atoms with Gasteiger partial charge < -0.3 is 5.32 Å². The molecule has 0 heterocycles. The standard InChI is InChI=1S/C14H21NO2/c1-5-8-15-11(17)14-7-6-13(4,10(16)9-14)12(14,2)3/h5H,1,6-9H2,2-4H3,(H,15,17)/t13-,14+/m0/s1. The fourth-order valence-electron chi connectivity index (χ4n) is 3.69. The molecule has 0 saturated heterocycles. The van der Waals surface area contributed by atoms with Crippen molar-refractivity contribution in [1.82, 2.24) is 5.32 Å². The maximum absolute atomic E-state index is 12.4. The molecular formula is C14H21NO2. The van der Waals surface area contributed by atoms with E-state index < -0.39 is 5.41 Å². The summed E-state index contributed by atoms with van der Waals surface area (Å²) in [5, 5.41) is 2.88. The molecule has 94 valence electrons. The molecule has 1 amide bonds. The maximum Gasteiger partial charge on any atom is 0.227 e. The number of nitrogens with one attached hydrogen (secondary N) is 1. The van der Waals surface area contributed by atoms with Gasteiger partial charge in [0.25, 0.3) is 0 Å². The molecule has 2 fully saturated rings. The molecule has 0 spiro atoms. The molecule has 17 heavy (non-hydrogen) atoms. The highest BCUT2D eigenvalue weighted by molar-refractivity contribution is 5.99. The van der Waals surface area contributed by atoms with Gasteiger partial charge in [0.05, 0.1) is 5.41 Å². The van der Waals surface area contributed by atoms with Crippen LogP contribution in [0.25, 0.3) is 0 Å². The molecule has 0 aromatic heterocycles. The van der Waals surface area contributed by atoms with E-state index in [1.165, 1.54) is 0 Å². The minimum Gasteiger partial charge on any atom is -0.352 e. The summed E-state index contributed by atoms with van der Waals surface area (Å²) in [7, 11) is 0. The van der Waals surface area contributed by atoms with Crippen molar-refractivity contribution < 1.29 is 9.59 Å². The molecule has 0 aromatic rings. The zero-order valence-electron chi connectivity index (χ0n) is 10.9. The molecular weight excluding hydrogens is 214 g/mol. The average Bonchev–Trinajstić information content (AvgIpc) is 2.56. The van der Waals surface area contributed by atoms with Crippen LogP contribution >= 0.6 is 0 Å². The van der Waals surface area contributed by atoms with Gasteiger partial charge in [-0.25, -0.2) is 0 Å². The highest BCUT2D eigenvalue weighted by atomic mass is 16.2. The molecule has 1 N–H and O–H groups in total. The monoisotopic (exact) mass is 235 g/mol. The number of ketones is 1. The molecule has 2 atom stereocenters. The normalized spacial score (nSPS) is 38.2. The third-order valence-electron chi connectivity index (χ3n) is 5.55. The smallest absolute Gasteiger partial charge is 0.227 e. The molecule has 0 radical (unpaired) electrons. The number of Topliss-reactive ketones (excluding diaryl/α,β-unsaturated/α-hetero) is 1. The Morgan fingerprint density at radius 1 is 1.41 bits per heavy atom. The number of rotatable bonds is 3. The maximum atomic E-state index is 12.4. The first-order valence-corrected chi connectivity index (χ1v) is 6.24. The summed E-state index contributed by atoms with van der Waals surface area (Å²) in [6.07, 6.45) is 3.73. The van der Waals surface area contributed by atoms with Crippen molar-refractivity contribution in [2.24, 2.45) is 16.2 Å². The largest absolute Gasteiger partial charge is 0.352 e. The second kappa shape index (κ2) is 3.44. The van der Waals surface area contributed by atoms with Crippen LogP contribution in [0.3, 0.4) is 0 Å². The molecule has 2 bridgehead atoms. The molecule has 0 unspecified atom stereocenters. The Hall–Kier alpha value is -1.12. The van der Waals surface area contributed by atoms with Crippen LogP contribution in [0.4, 0.5) is 0 Å². The van der Waals surface area contributed by atoms with Crippen LogP contribution in [-0.2, 0) is 9.59 Å². The van der Waals surface area contributed by atoms with Crippen molar-refractivity contribution in [3.05, 3.63) is 12.7 Å². The SMILES string of the molecule is C=CCNC(=O)[C@@]12CC[C@@](C)(C(=O)C1)C2(C)C. The fourth-order valence-corrected chi connectivity index (χ4v) is 3.69. The first-order chi connectivity index (χ1) is 7.82. The number of fused-ring (bicyclic) bond motifs is 2. The highest BCUT2D eigenvalue weighted by Gasteiger charge is 2.72. The zero-order valence-corrected chi connectivity index (χ0v) is 10.9. The van der Waals surface area contributed by atoms with Gasteiger partial charge in [0.1, 0.15) is 5.78 Å². The summed E-state index contributed by atoms with van der Waals surface area (Å²) < 4.78 is 0. The van der Waals surface area contributed by atoms with E-state index in [2.05, 4.69) is 25.7 Å². The summed E-state index contributed by atoms with van der Waals surface area (Å²) in [5.41, 5.74) is -1.07. The predicted octanol–water partition coefficient (Wildman–Crippen LogP) is 2.07. The number of hydrogen-bond donors (Lipinski definition) is 1. The van der Waals surface area contributed by atoms with Crippen LogP contribution in [0, 0.1) is 16.2 Å². The third kappa shape index (κ3) is 1.23. The topological polar surface area (TPSA) is 46.2 Å². The van der Waals surface area contributed by atoms with E-state index in [0.29, 0.717) is 13.0 Å². The molecule has 3 heteroatoms. The molecule has 2 saturated carbocycles. The van der Waals surface area contributed by atoms with Crippen LogP contribution in [0.5, 0.6) is 0 Å². The lowest BCUT2D eigenvalue weighted by molar-refractivity contribution is -0.136. The summed E-state index contributed by atoms with van der Waals surface area (Å²) >= 11 is 0. The zero-order chi connectivity index (χ0) is 12.9. The van der Waals surface area contributed by atoms with E-state index in [1.54, 1.807) is 6.08 Å². The summed E-state index contributed by atoms with van der Waals surface area (Å²) in [4.78, 5) is 24.5. The lowest BCUT2D eigenvalue weighted by Crippen LogP contribution is -2.46. The molecule has 2 aliphatic carbocycles. The van der Waals surface area contributed by atoms with Gasteiger partial charge in [0.2, 0.25) is 5.91 Å². The van der Waals surface area contributed by atoms with Crippen LogP contribution in [-0.4, -0.2) is 18.2 Å². The van der Waals surface area contributed by atoms with E-state index in [9.17, 15) is 9.59 Å². The molecule has 2 aliphatic rings. The van der Waals surface area contributed by atoms with E-state index in [0.717, 1.165) is 12.8 Å². The molecule has 3 nitrogen and oxygen atoms in total. The van der Waals surface area contributed by atoms with Crippen LogP contribution < -0.4 is 5.32 Å². The lowest BCUT2D eigenvalue weighted by Gasteiger charge is -2.38. The Bertz CT molecular complexity index is 399. The van der Waals surface area contributed by atoms with Crippen LogP contribution in [0.1, 0.15) is 40.0 Å². The van der Waals surface area contributed by atoms with Crippen molar-refractivity contribution in [1.29, 1.82) is 0 Å². The molecule has 0 aromatic carbocycles. The Labute approximate surface area is 103 Å². The average molecular weight is 235 g/mol. The van der Waals surface area contributed by atoms with E-state index >= 15 is 0 Å². The van der Waals surface area contributed by atoms with Crippen molar-refractivity contribution in [3.63, 3.8) is 0 Å². The van der Waals surface area contributed by atoms with Gasteiger partial charge >= 0.3 is 0 Å². The van der Waals surface area contributed by atoms with Crippen LogP contribution in [0.15, 0.2) is 12.7 Å². The van der Waals surface area contributed by atoms with Crippen molar-refractivity contribution in [3.8, 4) is 0 Å². The second-order valence-electron chi connectivity index (χ2n) is 6.14. The predicted molar refractivity (Wildman–Crippen MR) is 66.4 cm³/mol. The summed E-state index contributed by atoms with van der Waals surface area (Å²) in [6, 6.07) is 0. The number of carbonyl (C=O) groups excluding carboxylic acids is 2. The minimum absolute atomic E-state index is 0.0250. The van der Waals surface area contributed by atoms with Gasteiger partial charge in [0.15, 0.2) is 0 Å². The fraction of sp³-hybridized carbons (Fsp3) is 0.714. The number of hydrogen-bond acceptors (Lipinski definition) is 2. The Balaban J connectivity index is 2.36. The van der Waals surface area contributed by atoms with Gasteiger partial charge in [-0.05, 0) is 18.3 Å². The Kier molecular flexibility index (Phi) is 2.49. The lowest BCUT2D eigenvalue weighted by atomic mass is 9.64. The Morgan fingerprint density at radius 2 is 2.06 bits per heavy atom. The van der Waals surface area contributed by atoms with Gasteiger partial charge in [-0.1, -0.05) is 26.8 Å². The second-order valence-corrected chi connectivity index (χ2v) is 6.14. The number of carbonyl (C=O) groups is 2. The first kappa shape index (κ1) is 12.3. The molecule has 0 aliphatic heterocycles. The van der Waals surface area contributed by atoms with Gasteiger partial charge in [-0.15, -0.1) is 6.58 Å². The summed E-state index contributed by atoms with van der Waals surface area (Å²) in [6.45, 7) is 10.2. The molecule has 2 rings (SSSR count). The Morgan fingerprint density at radius 3 is 2.47 bits per heavy atom. The van der Waals surface area contributed by atoms with E-state index in [1.807, 2.05) is 6.92 Å². The van der Waals surface area contributed by atoms with Gasteiger partial charge in [-0.3, -0.25) is 9.59 Å². The quantitative estimate of drug-likeness (QED) is 0.761. The van der Waals surface area contributed by atoms with Gasteiger partial charge in [-0.2, -0.15) is 0 Å². The summed E-state index contributed by atoms with van der Waals surface area (Å²) in [5.74, 6) is 0.277. The van der Waals surface area contributed by atoms with Crippen molar-refractivity contribution in [2.45, 2.75) is 40.0 Å².